The lowest BCUT2D eigenvalue weighted by molar-refractivity contribution is 0.0465. The van der Waals surface area contributed by atoms with Gasteiger partial charge in [-0.25, -0.2) is 4.79 Å². The second kappa shape index (κ2) is 7.27. The molecule has 2 aromatic rings. The molecule has 0 spiro atoms. The zero-order valence-corrected chi connectivity index (χ0v) is 14.9. The van der Waals surface area contributed by atoms with E-state index in [-0.39, 0.29) is 18.5 Å². The molecule has 0 amide bonds. The van der Waals surface area contributed by atoms with Crippen molar-refractivity contribution < 1.29 is 19.1 Å². The topological polar surface area (TPSA) is 62.5 Å². The summed E-state index contributed by atoms with van der Waals surface area (Å²) in [5, 5.41) is 0. The van der Waals surface area contributed by atoms with Crippen LogP contribution in [-0.4, -0.2) is 40.2 Å². The molecule has 3 heterocycles. The van der Waals surface area contributed by atoms with Gasteiger partial charge in [-0.15, -0.1) is 0 Å². The van der Waals surface area contributed by atoms with Crippen LogP contribution in [0.15, 0.2) is 24.4 Å². The quantitative estimate of drug-likeness (QED) is 0.597. The van der Waals surface area contributed by atoms with Crippen molar-refractivity contribution >= 4 is 11.8 Å². The highest BCUT2D eigenvalue weighted by atomic mass is 16.5. The van der Waals surface area contributed by atoms with Gasteiger partial charge in [-0.2, -0.15) is 0 Å². The van der Waals surface area contributed by atoms with Crippen molar-refractivity contribution in [2.75, 3.05) is 13.2 Å². The van der Waals surface area contributed by atoms with Gasteiger partial charge in [0, 0.05) is 43.3 Å². The highest BCUT2D eigenvalue weighted by molar-refractivity contribution is 6.00. The van der Waals surface area contributed by atoms with Crippen molar-refractivity contribution in [1.29, 1.82) is 0 Å². The van der Waals surface area contributed by atoms with Gasteiger partial charge in [0.1, 0.15) is 5.69 Å². The van der Waals surface area contributed by atoms with Crippen molar-refractivity contribution in [1.82, 2.24) is 9.13 Å². The monoisotopic (exact) mass is 344 g/mol. The Balaban J connectivity index is 1.66. The van der Waals surface area contributed by atoms with Crippen LogP contribution < -0.4 is 0 Å². The molecule has 1 saturated heterocycles. The van der Waals surface area contributed by atoms with E-state index in [9.17, 15) is 9.59 Å². The van der Waals surface area contributed by atoms with Gasteiger partial charge in [0.25, 0.3) is 0 Å². The Morgan fingerprint density at radius 2 is 2.16 bits per heavy atom. The number of hydrogen-bond acceptors (Lipinski definition) is 4. The third-order valence-corrected chi connectivity index (χ3v) is 4.77. The zero-order valence-electron chi connectivity index (χ0n) is 14.9. The Labute approximate surface area is 147 Å². The van der Waals surface area contributed by atoms with Crippen LogP contribution in [0.5, 0.6) is 0 Å². The molecular weight excluding hydrogens is 320 g/mol. The number of ether oxygens (including phenoxy) is 2. The molecular formula is C19H24N2O4. The van der Waals surface area contributed by atoms with Gasteiger partial charge in [-0.3, -0.25) is 4.79 Å². The number of rotatable bonds is 6. The molecule has 0 aromatic carbocycles. The Morgan fingerprint density at radius 3 is 2.80 bits per heavy atom. The molecule has 25 heavy (non-hydrogen) atoms. The Morgan fingerprint density at radius 1 is 1.36 bits per heavy atom. The number of esters is 1. The van der Waals surface area contributed by atoms with Gasteiger partial charge in [-0.1, -0.05) is 0 Å². The SMILES string of the molecule is Cc1cc(C(=O)COC(=O)c2cccn2C)c(C)n1C[C@@H]1CCCO1. The number of nitrogens with zero attached hydrogens (tertiary/aromatic N) is 2. The highest BCUT2D eigenvalue weighted by Gasteiger charge is 2.22. The van der Waals surface area contributed by atoms with Crippen LogP contribution in [0.4, 0.5) is 0 Å². The summed E-state index contributed by atoms with van der Waals surface area (Å²) in [6, 6.07) is 5.29. The standard InChI is InChI=1S/C19H24N2O4/c1-13-10-16(14(2)21(13)11-15-6-5-9-24-15)18(22)12-25-19(23)17-7-4-8-20(17)3/h4,7-8,10,15H,5-6,9,11-12H2,1-3H3/t15-/m0/s1. The summed E-state index contributed by atoms with van der Waals surface area (Å²) < 4.78 is 14.6. The van der Waals surface area contributed by atoms with Gasteiger partial charge in [0.05, 0.1) is 6.10 Å². The molecule has 2 aromatic heterocycles. The largest absolute Gasteiger partial charge is 0.453 e. The first-order chi connectivity index (χ1) is 12.0. The second-order valence-electron chi connectivity index (χ2n) is 6.53. The van der Waals surface area contributed by atoms with Gasteiger partial charge >= 0.3 is 5.97 Å². The smallest absolute Gasteiger partial charge is 0.355 e. The summed E-state index contributed by atoms with van der Waals surface area (Å²) in [4.78, 5) is 24.5. The van der Waals surface area contributed by atoms with E-state index in [4.69, 9.17) is 9.47 Å². The summed E-state index contributed by atoms with van der Waals surface area (Å²) in [5.74, 6) is -0.678. The summed E-state index contributed by atoms with van der Waals surface area (Å²) >= 11 is 0. The van der Waals surface area contributed by atoms with Crippen molar-refractivity contribution in [3.8, 4) is 0 Å². The first-order valence-electron chi connectivity index (χ1n) is 8.57. The summed E-state index contributed by atoms with van der Waals surface area (Å²) in [6.45, 7) is 5.22. The lowest BCUT2D eigenvalue weighted by Gasteiger charge is -2.14. The minimum Gasteiger partial charge on any atom is -0.453 e. The van der Waals surface area contributed by atoms with E-state index in [2.05, 4.69) is 4.57 Å². The number of Topliss-reactive ketones (excluding diaryl/α,β-unsaturated/α-hetero) is 1. The number of hydrogen-bond donors (Lipinski definition) is 0. The van der Waals surface area contributed by atoms with Gasteiger partial charge < -0.3 is 18.6 Å². The van der Waals surface area contributed by atoms with Crippen molar-refractivity contribution in [3.63, 3.8) is 0 Å². The Bertz CT molecular complexity index is 781. The second-order valence-corrected chi connectivity index (χ2v) is 6.53. The summed E-state index contributed by atoms with van der Waals surface area (Å²) in [5.41, 5.74) is 2.95. The summed E-state index contributed by atoms with van der Waals surface area (Å²) in [6.07, 6.45) is 4.11. The normalized spacial score (nSPS) is 17.0. The first kappa shape index (κ1) is 17.5. The van der Waals surface area contributed by atoms with Gasteiger partial charge in [-0.05, 0) is 44.9 Å². The molecule has 1 aliphatic rings. The van der Waals surface area contributed by atoms with E-state index in [1.807, 2.05) is 19.9 Å². The highest BCUT2D eigenvalue weighted by Crippen LogP contribution is 2.21. The van der Waals surface area contributed by atoms with Crippen LogP contribution in [0.1, 0.15) is 45.1 Å². The van der Waals surface area contributed by atoms with Crippen LogP contribution in [0.25, 0.3) is 0 Å². The van der Waals surface area contributed by atoms with E-state index in [1.165, 1.54) is 0 Å². The van der Waals surface area contributed by atoms with Crippen LogP contribution in [-0.2, 0) is 23.1 Å². The van der Waals surface area contributed by atoms with Crippen LogP contribution in [0, 0.1) is 13.8 Å². The predicted octanol–water partition coefficient (Wildman–Crippen LogP) is 2.66. The van der Waals surface area contributed by atoms with E-state index in [1.54, 1.807) is 29.9 Å². The average Bonchev–Trinajstić information content (AvgIpc) is 3.30. The predicted molar refractivity (Wildman–Crippen MR) is 92.9 cm³/mol. The van der Waals surface area contributed by atoms with Crippen molar-refractivity contribution in [2.45, 2.75) is 39.3 Å². The average molecular weight is 344 g/mol. The lowest BCUT2D eigenvalue weighted by Crippen LogP contribution is -2.18. The molecule has 0 N–H and O–H groups in total. The molecule has 0 unspecified atom stereocenters. The zero-order chi connectivity index (χ0) is 18.0. The molecule has 3 rings (SSSR count). The fraction of sp³-hybridized carbons (Fsp3) is 0.474. The minimum absolute atomic E-state index is 0.186. The molecule has 6 heteroatoms. The molecule has 1 atom stereocenters. The van der Waals surface area contributed by atoms with E-state index in [0.717, 1.165) is 37.4 Å². The third kappa shape index (κ3) is 3.69. The molecule has 0 radical (unpaired) electrons. The van der Waals surface area contributed by atoms with Crippen molar-refractivity contribution in [2.24, 2.45) is 7.05 Å². The number of carbonyl (C=O) groups is 2. The van der Waals surface area contributed by atoms with E-state index in [0.29, 0.717) is 11.3 Å². The number of aryl methyl sites for hydroxylation is 2. The molecule has 0 saturated carbocycles. The fourth-order valence-corrected chi connectivity index (χ4v) is 3.31. The Kier molecular flexibility index (Phi) is 5.08. The maximum Gasteiger partial charge on any atom is 0.355 e. The van der Waals surface area contributed by atoms with E-state index >= 15 is 0 Å². The van der Waals surface area contributed by atoms with Crippen LogP contribution in [0.2, 0.25) is 0 Å². The molecule has 0 bridgehead atoms. The molecule has 0 aliphatic carbocycles. The number of carbonyl (C=O) groups excluding carboxylic acids is 2. The summed E-state index contributed by atoms with van der Waals surface area (Å²) in [7, 11) is 1.76. The van der Waals surface area contributed by atoms with Crippen LogP contribution in [0.3, 0.4) is 0 Å². The first-order valence-corrected chi connectivity index (χ1v) is 8.57. The number of ketones is 1. The van der Waals surface area contributed by atoms with Crippen LogP contribution >= 0.6 is 0 Å². The third-order valence-electron chi connectivity index (χ3n) is 4.77. The maximum atomic E-state index is 12.5. The Hall–Kier alpha value is -2.34. The minimum atomic E-state index is -0.492. The van der Waals surface area contributed by atoms with Crippen molar-refractivity contribution in [3.05, 3.63) is 47.0 Å². The maximum absolute atomic E-state index is 12.5. The molecule has 6 nitrogen and oxygen atoms in total. The molecule has 134 valence electrons. The van der Waals surface area contributed by atoms with Gasteiger partial charge in [0.15, 0.2) is 6.61 Å². The molecule has 1 aliphatic heterocycles. The lowest BCUT2D eigenvalue weighted by atomic mass is 10.1. The van der Waals surface area contributed by atoms with Gasteiger partial charge in [0.2, 0.25) is 5.78 Å². The molecule has 1 fully saturated rings. The fourth-order valence-electron chi connectivity index (χ4n) is 3.31. The van der Waals surface area contributed by atoms with E-state index < -0.39 is 5.97 Å². The number of aromatic nitrogens is 2.